The summed E-state index contributed by atoms with van der Waals surface area (Å²) in [5.41, 5.74) is 12.8. The molecule has 1 aliphatic rings. The fourth-order valence-corrected chi connectivity index (χ4v) is 3.10. The molecule has 0 heterocycles. The van der Waals surface area contributed by atoms with E-state index in [2.05, 4.69) is 55.0 Å². The molecule has 0 saturated carbocycles. The fourth-order valence-electron chi connectivity index (χ4n) is 3.10. The standard InChI is InChI=1S/C22H25N3/c1-4-9-15(2)14-16(3)24-22(23)19-12-7-8-13-20(19)25-21-17-10-5-6-11-18(17)21/h5-8,10-14,21,25H,3-4,9H2,1-2H3,(H2,23,24)/b15-14+. The minimum Gasteiger partial charge on any atom is -0.383 e. The van der Waals surface area contributed by atoms with E-state index in [1.54, 1.807) is 0 Å². The van der Waals surface area contributed by atoms with Crippen molar-refractivity contribution in [3.8, 4) is 0 Å². The van der Waals surface area contributed by atoms with E-state index in [1.165, 1.54) is 16.7 Å². The molecule has 0 aromatic heterocycles. The molecule has 0 fully saturated rings. The quantitative estimate of drug-likeness (QED) is 0.418. The normalized spacial score (nSPS) is 14.2. The smallest absolute Gasteiger partial charge is 0.133 e. The lowest BCUT2D eigenvalue weighted by Crippen LogP contribution is -2.16. The molecule has 3 rings (SSSR count). The SMILES string of the molecule is C=C(/C=C(\C)CCC)N=C(N)c1ccccc1NC1c2ccccc21. The summed E-state index contributed by atoms with van der Waals surface area (Å²) in [6, 6.07) is 16.7. The van der Waals surface area contributed by atoms with Crippen molar-refractivity contribution in [2.75, 3.05) is 5.32 Å². The third-order valence-corrected chi connectivity index (χ3v) is 4.36. The summed E-state index contributed by atoms with van der Waals surface area (Å²) in [7, 11) is 0. The van der Waals surface area contributed by atoms with Crippen molar-refractivity contribution in [1.29, 1.82) is 0 Å². The molecule has 3 nitrogen and oxygen atoms in total. The van der Waals surface area contributed by atoms with Gasteiger partial charge in [-0.05, 0) is 42.7 Å². The van der Waals surface area contributed by atoms with Crippen LogP contribution in [0.25, 0.3) is 0 Å². The predicted molar refractivity (Wildman–Crippen MR) is 107 cm³/mol. The number of nitrogens with zero attached hydrogens (tertiary/aromatic N) is 1. The summed E-state index contributed by atoms with van der Waals surface area (Å²) in [4.78, 5) is 4.49. The summed E-state index contributed by atoms with van der Waals surface area (Å²) in [6.07, 6.45) is 4.17. The highest BCUT2D eigenvalue weighted by Crippen LogP contribution is 2.43. The summed E-state index contributed by atoms with van der Waals surface area (Å²) in [6.45, 7) is 8.27. The molecular formula is C22H25N3. The van der Waals surface area contributed by atoms with Crippen LogP contribution in [0.3, 0.4) is 0 Å². The van der Waals surface area contributed by atoms with Crippen LogP contribution >= 0.6 is 0 Å². The maximum absolute atomic E-state index is 6.27. The zero-order valence-corrected chi connectivity index (χ0v) is 14.9. The first-order valence-corrected chi connectivity index (χ1v) is 8.75. The van der Waals surface area contributed by atoms with Crippen molar-refractivity contribution in [2.45, 2.75) is 32.7 Å². The first-order chi connectivity index (χ1) is 12.1. The Balaban J connectivity index is 1.77. The van der Waals surface area contributed by atoms with Gasteiger partial charge in [0.05, 0.1) is 11.7 Å². The zero-order valence-electron chi connectivity index (χ0n) is 14.9. The summed E-state index contributed by atoms with van der Waals surface area (Å²) >= 11 is 0. The van der Waals surface area contributed by atoms with Crippen molar-refractivity contribution < 1.29 is 0 Å². The van der Waals surface area contributed by atoms with Gasteiger partial charge in [-0.15, -0.1) is 0 Å². The molecule has 3 heteroatoms. The van der Waals surface area contributed by atoms with E-state index >= 15 is 0 Å². The molecule has 0 atom stereocenters. The second-order valence-electron chi connectivity index (χ2n) is 6.48. The maximum Gasteiger partial charge on any atom is 0.133 e. The molecule has 0 saturated heterocycles. The van der Waals surface area contributed by atoms with Gasteiger partial charge in [0.1, 0.15) is 5.84 Å². The van der Waals surface area contributed by atoms with Crippen LogP contribution in [0.2, 0.25) is 0 Å². The van der Waals surface area contributed by atoms with Crippen LogP contribution in [-0.4, -0.2) is 5.84 Å². The number of aliphatic imine (C=N–C) groups is 1. The fraction of sp³-hybridized carbons (Fsp3) is 0.227. The zero-order chi connectivity index (χ0) is 17.8. The number of anilines is 1. The van der Waals surface area contributed by atoms with Gasteiger partial charge in [-0.2, -0.15) is 0 Å². The van der Waals surface area contributed by atoms with Crippen LogP contribution in [0.5, 0.6) is 0 Å². The predicted octanol–water partition coefficient (Wildman–Crippen LogP) is 5.17. The van der Waals surface area contributed by atoms with Crippen molar-refractivity contribution >= 4 is 11.5 Å². The van der Waals surface area contributed by atoms with Crippen molar-refractivity contribution in [3.05, 3.63) is 89.1 Å². The third-order valence-electron chi connectivity index (χ3n) is 4.36. The molecule has 25 heavy (non-hydrogen) atoms. The molecule has 0 bridgehead atoms. The second kappa shape index (κ2) is 7.39. The molecule has 2 aromatic rings. The average Bonchev–Trinajstić information content (AvgIpc) is 3.28. The highest BCUT2D eigenvalue weighted by Gasteiger charge is 2.31. The lowest BCUT2D eigenvalue weighted by atomic mass is 10.1. The summed E-state index contributed by atoms with van der Waals surface area (Å²) < 4.78 is 0. The molecule has 1 aliphatic carbocycles. The van der Waals surface area contributed by atoms with Gasteiger partial charge in [-0.3, -0.25) is 0 Å². The monoisotopic (exact) mass is 331 g/mol. The van der Waals surface area contributed by atoms with Gasteiger partial charge in [-0.1, -0.05) is 61.9 Å². The number of fused-ring (bicyclic) bond motifs is 1. The highest BCUT2D eigenvalue weighted by atomic mass is 15.0. The minimum absolute atomic E-state index is 0.277. The Morgan fingerprint density at radius 1 is 1.16 bits per heavy atom. The second-order valence-corrected chi connectivity index (χ2v) is 6.48. The molecule has 0 spiro atoms. The molecule has 0 radical (unpaired) electrons. The topological polar surface area (TPSA) is 50.4 Å². The van der Waals surface area contributed by atoms with Crippen LogP contribution in [0.1, 0.15) is 49.4 Å². The summed E-state index contributed by atoms with van der Waals surface area (Å²) in [5.74, 6) is 0.485. The van der Waals surface area contributed by atoms with E-state index < -0.39 is 0 Å². The number of allylic oxidation sites excluding steroid dienone is 2. The van der Waals surface area contributed by atoms with Gasteiger partial charge in [-0.25, -0.2) is 4.99 Å². The largest absolute Gasteiger partial charge is 0.383 e. The Morgan fingerprint density at radius 2 is 1.80 bits per heavy atom. The van der Waals surface area contributed by atoms with E-state index in [-0.39, 0.29) is 6.04 Å². The lowest BCUT2D eigenvalue weighted by Gasteiger charge is -2.11. The number of benzene rings is 2. The van der Waals surface area contributed by atoms with E-state index in [9.17, 15) is 0 Å². The van der Waals surface area contributed by atoms with Gasteiger partial charge in [0.25, 0.3) is 0 Å². The Bertz CT molecular complexity index is 823. The number of hydrogen-bond acceptors (Lipinski definition) is 2. The van der Waals surface area contributed by atoms with Crippen molar-refractivity contribution in [2.24, 2.45) is 10.7 Å². The first kappa shape index (κ1) is 17.0. The molecular weight excluding hydrogens is 306 g/mol. The highest BCUT2D eigenvalue weighted by molar-refractivity contribution is 6.03. The number of rotatable bonds is 7. The number of nitrogens with two attached hydrogens (primary N) is 1. The van der Waals surface area contributed by atoms with E-state index in [1.807, 2.05) is 30.3 Å². The Hall–Kier alpha value is -2.81. The minimum atomic E-state index is 0.277. The maximum atomic E-state index is 6.27. The van der Waals surface area contributed by atoms with E-state index in [4.69, 9.17) is 5.73 Å². The summed E-state index contributed by atoms with van der Waals surface area (Å²) in [5, 5.41) is 3.56. The number of amidine groups is 1. The van der Waals surface area contributed by atoms with Gasteiger partial charge in [0, 0.05) is 11.3 Å². The molecule has 0 aliphatic heterocycles. The Kier molecular flexibility index (Phi) is 5.03. The van der Waals surface area contributed by atoms with Crippen LogP contribution in [0, 0.1) is 0 Å². The average molecular weight is 331 g/mol. The first-order valence-electron chi connectivity index (χ1n) is 8.75. The van der Waals surface area contributed by atoms with Crippen molar-refractivity contribution in [1.82, 2.24) is 0 Å². The van der Waals surface area contributed by atoms with Gasteiger partial charge < -0.3 is 11.1 Å². The number of nitrogens with one attached hydrogen (secondary N) is 1. The van der Waals surface area contributed by atoms with Crippen LogP contribution in [0.15, 0.2) is 77.4 Å². The van der Waals surface area contributed by atoms with Gasteiger partial charge in [0.2, 0.25) is 0 Å². The van der Waals surface area contributed by atoms with E-state index in [0.717, 1.165) is 24.1 Å². The van der Waals surface area contributed by atoms with Gasteiger partial charge in [0.15, 0.2) is 0 Å². The van der Waals surface area contributed by atoms with Crippen molar-refractivity contribution in [3.63, 3.8) is 0 Å². The molecule has 3 N–H and O–H groups in total. The lowest BCUT2D eigenvalue weighted by molar-refractivity contribution is 0.903. The Labute approximate surface area is 150 Å². The molecule has 2 aromatic carbocycles. The van der Waals surface area contributed by atoms with Crippen LogP contribution in [-0.2, 0) is 0 Å². The van der Waals surface area contributed by atoms with Gasteiger partial charge >= 0.3 is 0 Å². The third kappa shape index (κ3) is 4.00. The molecule has 0 amide bonds. The molecule has 0 unspecified atom stereocenters. The van der Waals surface area contributed by atoms with Crippen LogP contribution in [0.4, 0.5) is 5.69 Å². The molecule has 128 valence electrons. The van der Waals surface area contributed by atoms with E-state index in [0.29, 0.717) is 11.5 Å². The number of hydrogen-bond donors (Lipinski definition) is 2. The van der Waals surface area contributed by atoms with Crippen LogP contribution < -0.4 is 11.1 Å². The Morgan fingerprint density at radius 3 is 2.48 bits per heavy atom. The number of para-hydroxylation sites is 1.